The second-order valence-electron chi connectivity index (χ2n) is 7.65. The summed E-state index contributed by atoms with van der Waals surface area (Å²) in [5.74, 6) is 0.356. The third-order valence-corrected chi connectivity index (χ3v) is 5.75. The first-order chi connectivity index (χ1) is 12.8. The lowest BCUT2D eigenvalue weighted by Crippen LogP contribution is -2.55. The van der Waals surface area contributed by atoms with Crippen LogP contribution in [0.1, 0.15) is 61.4 Å². The van der Waals surface area contributed by atoms with Crippen LogP contribution in [0.2, 0.25) is 0 Å². The molecule has 2 amide bonds. The van der Waals surface area contributed by atoms with Crippen molar-refractivity contribution in [3.8, 4) is 0 Å². The lowest BCUT2D eigenvalue weighted by atomic mass is 9.70. The molecule has 2 fully saturated rings. The van der Waals surface area contributed by atoms with Crippen LogP contribution in [-0.2, 0) is 11.0 Å². The fourth-order valence-corrected chi connectivity index (χ4v) is 4.50. The SMILES string of the molecule is CCCC1CC(=O)NC2CC(NC(=O)c3cccc(C(F)(F)F)c3)CCC12. The van der Waals surface area contributed by atoms with Gasteiger partial charge in [-0.05, 0) is 55.7 Å². The molecule has 148 valence electrons. The topological polar surface area (TPSA) is 58.2 Å². The van der Waals surface area contributed by atoms with Crippen molar-refractivity contribution >= 4 is 11.8 Å². The second-order valence-corrected chi connectivity index (χ2v) is 7.65. The van der Waals surface area contributed by atoms with E-state index in [0.717, 1.165) is 37.8 Å². The van der Waals surface area contributed by atoms with Crippen molar-refractivity contribution in [1.82, 2.24) is 10.6 Å². The molecule has 1 saturated heterocycles. The van der Waals surface area contributed by atoms with Crippen molar-refractivity contribution in [2.75, 3.05) is 0 Å². The zero-order valence-corrected chi connectivity index (χ0v) is 15.3. The summed E-state index contributed by atoms with van der Waals surface area (Å²) in [6.07, 6.45) is 0.463. The van der Waals surface area contributed by atoms with Crippen molar-refractivity contribution in [2.45, 2.75) is 63.7 Å². The molecule has 1 aromatic rings. The number of hydrogen-bond donors (Lipinski definition) is 2. The number of amides is 2. The van der Waals surface area contributed by atoms with Gasteiger partial charge >= 0.3 is 6.18 Å². The Bertz CT molecular complexity index is 705. The molecule has 1 aliphatic heterocycles. The number of fused-ring (bicyclic) bond motifs is 1. The molecule has 1 aliphatic carbocycles. The molecule has 1 saturated carbocycles. The summed E-state index contributed by atoms with van der Waals surface area (Å²) < 4.78 is 38.5. The number of carbonyl (C=O) groups is 2. The van der Waals surface area contributed by atoms with E-state index >= 15 is 0 Å². The maximum absolute atomic E-state index is 12.8. The molecular weight excluding hydrogens is 357 g/mol. The number of benzene rings is 1. The Morgan fingerprint density at radius 3 is 2.78 bits per heavy atom. The van der Waals surface area contributed by atoms with Crippen molar-refractivity contribution in [1.29, 1.82) is 0 Å². The molecule has 2 aliphatic rings. The average Bonchev–Trinajstić information content (AvgIpc) is 2.61. The van der Waals surface area contributed by atoms with E-state index < -0.39 is 17.6 Å². The number of rotatable bonds is 4. The van der Waals surface area contributed by atoms with E-state index in [1.165, 1.54) is 12.1 Å². The molecule has 27 heavy (non-hydrogen) atoms. The van der Waals surface area contributed by atoms with E-state index in [4.69, 9.17) is 0 Å². The Morgan fingerprint density at radius 2 is 2.07 bits per heavy atom. The summed E-state index contributed by atoms with van der Waals surface area (Å²) in [6.45, 7) is 2.11. The van der Waals surface area contributed by atoms with Crippen molar-refractivity contribution in [3.63, 3.8) is 0 Å². The average molecular weight is 382 g/mol. The lowest BCUT2D eigenvalue weighted by molar-refractivity contribution is -0.137. The predicted octanol–water partition coefficient (Wildman–Crippen LogP) is 3.91. The highest BCUT2D eigenvalue weighted by Crippen LogP contribution is 2.37. The van der Waals surface area contributed by atoms with E-state index in [1.807, 2.05) is 0 Å². The van der Waals surface area contributed by atoms with Crippen LogP contribution >= 0.6 is 0 Å². The van der Waals surface area contributed by atoms with Crippen molar-refractivity contribution < 1.29 is 22.8 Å². The molecular formula is C20H25F3N2O2. The summed E-state index contributed by atoms with van der Waals surface area (Å²) >= 11 is 0. The number of carbonyl (C=O) groups excluding carboxylic acids is 2. The zero-order chi connectivity index (χ0) is 19.6. The van der Waals surface area contributed by atoms with E-state index in [1.54, 1.807) is 0 Å². The number of nitrogens with one attached hydrogen (secondary N) is 2. The summed E-state index contributed by atoms with van der Waals surface area (Å²) in [7, 11) is 0. The van der Waals surface area contributed by atoms with Crippen LogP contribution < -0.4 is 10.6 Å². The largest absolute Gasteiger partial charge is 0.416 e. The van der Waals surface area contributed by atoms with E-state index in [0.29, 0.717) is 24.7 Å². The molecule has 1 heterocycles. The highest BCUT2D eigenvalue weighted by Gasteiger charge is 2.40. The molecule has 1 aromatic carbocycles. The third kappa shape index (κ3) is 4.62. The van der Waals surface area contributed by atoms with Crippen LogP contribution in [0.4, 0.5) is 13.2 Å². The maximum atomic E-state index is 12.8. The summed E-state index contributed by atoms with van der Waals surface area (Å²) in [5, 5.41) is 5.89. The normalized spacial score (nSPS) is 28.2. The standard InChI is InChI=1S/C20H25F3N2O2/c1-2-4-12-10-18(26)25-17-11-15(7-8-16(12)17)24-19(27)13-5-3-6-14(9-13)20(21,22)23/h3,5-6,9,12,15-17H,2,4,7-8,10-11H2,1H3,(H,24,27)(H,25,26). The maximum Gasteiger partial charge on any atom is 0.416 e. The van der Waals surface area contributed by atoms with Crippen molar-refractivity contribution in [2.24, 2.45) is 11.8 Å². The van der Waals surface area contributed by atoms with Crippen LogP contribution in [0.15, 0.2) is 24.3 Å². The van der Waals surface area contributed by atoms with Gasteiger partial charge in [-0.3, -0.25) is 9.59 Å². The Balaban J connectivity index is 1.64. The monoisotopic (exact) mass is 382 g/mol. The molecule has 7 heteroatoms. The minimum absolute atomic E-state index is 0.00323. The zero-order valence-electron chi connectivity index (χ0n) is 15.3. The molecule has 2 N–H and O–H groups in total. The van der Waals surface area contributed by atoms with Gasteiger partial charge in [0.15, 0.2) is 0 Å². The molecule has 4 unspecified atom stereocenters. The summed E-state index contributed by atoms with van der Waals surface area (Å²) in [6, 6.07) is 4.34. The molecule has 0 bridgehead atoms. The van der Waals surface area contributed by atoms with Gasteiger partial charge in [0.25, 0.3) is 5.91 Å². The third-order valence-electron chi connectivity index (χ3n) is 5.75. The Hall–Kier alpha value is -2.05. The molecule has 0 spiro atoms. The van der Waals surface area contributed by atoms with E-state index in [2.05, 4.69) is 17.6 Å². The van der Waals surface area contributed by atoms with Crippen molar-refractivity contribution in [3.05, 3.63) is 35.4 Å². The second kappa shape index (κ2) is 7.90. The van der Waals surface area contributed by atoms with Gasteiger partial charge in [-0.2, -0.15) is 13.2 Å². The first-order valence-electron chi connectivity index (χ1n) is 9.55. The fourth-order valence-electron chi connectivity index (χ4n) is 4.50. The highest BCUT2D eigenvalue weighted by atomic mass is 19.4. The summed E-state index contributed by atoms with van der Waals surface area (Å²) in [5.41, 5.74) is -0.829. The molecule has 4 atom stereocenters. The van der Waals surface area contributed by atoms with Gasteiger partial charge in [0, 0.05) is 24.1 Å². The minimum atomic E-state index is -4.48. The van der Waals surface area contributed by atoms with Gasteiger partial charge in [0.05, 0.1) is 5.56 Å². The Labute approximate surface area is 156 Å². The van der Waals surface area contributed by atoms with Crippen LogP contribution in [0.3, 0.4) is 0 Å². The van der Waals surface area contributed by atoms with Gasteiger partial charge < -0.3 is 10.6 Å². The molecule has 3 rings (SSSR count). The van der Waals surface area contributed by atoms with Gasteiger partial charge in [-0.25, -0.2) is 0 Å². The number of piperidine rings is 1. The van der Waals surface area contributed by atoms with Gasteiger partial charge in [-0.15, -0.1) is 0 Å². The first-order valence-corrected chi connectivity index (χ1v) is 9.55. The quantitative estimate of drug-likeness (QED) is 0.830. The molecule has 0 aromatic heterocycles. The van der Waals surface area contributed by atoms with Gasteiger partial charge in [0.1, 0.15) is 0 Å². The van der Waals surface area contributed by atoms with Gasteiger partial charge in [-0.1, -0.05) is 19.4 Å². The lowest BCUT2D eigenvalue weighted by Gasteiger charge is -2.44. The smallest absolute Gasteiger partial charge is 0.353 e. The Morgan fingerprint density at radius 1 is 1.30 bits per heavy atom. The van der Waals surface area contributed by atoms with Crippen LogP contribution in [0, 0.1) is 11.8 Å². The van der Waals surface area contributed by atoms with Crippen LogP contribution in [0.5, 0.6) is 0 Å². The number of alkyl halides is 3. The van der Waals surface area contributed by atoms with E-state index in [9.17, 15) is 22.8 Å². The highest BCUT2D eigenvalue weighted by molar-refractivity contribution is 5.94. The first kappa shape index (κ1) is 19.7. The number of hydrogen-bond acceptors (Lipinski definition) is 2. The molecule has 4 nitrogen and oxygen atoms in total. The number of halogens is 3. The Kier molecular flexibility index (Phi) is 5.77. The summed E-state index contributed by atoms with van der Waals surface area (Å²) in [4.78, 5) is 24.4. The van der Waals surface area contributed by atoms with Crippen LogP contribution in [0.25, 0.3) is 0 Å². The predicted molar refractivity (Wildman–Crippen MR) is 95.0 cm³/mol. The van der Waals surface area contributed by atoms with Gasteiger partial charge in [0.2, 0.25) is 5.91 Å². The molecule has 0 radical (unpaired) electrons. The van der Waals surface area contributed by atoms with Crippen LogP contribution in [-0.4, -0.2) is 23.9 Å². The van der Waals surface area contributed by atoms with E-state index in [-0.39, 0.29) is 23.6 Å². The minimum Gasteiger partial charge on any atom is -0.353 e. The fraction of sp³-hybridized carbons (Fsp3) is 0.600.